The van der Waals surface area contributed by atoms with Crippen LogP contribution in [0.4, 0.5) is 16.4 Å². The van der Waals surface area contributed by atoms with Gasteiger partial charge in [0.1, 0.15) is 5.00 Å². The van der Waals surface area contributed by atoms with Crippen LogP contribution in [0.3, 0.4) is 0 Å². The zero-order valence-electron chi connectivity index (χ0n) is 13.1. The summed E-state index contributed by atoms with van der Waals surface area (Å²) < 4.78 is 0. The highest BCUT2D eigenvalue weighted by molar-refractivity contribution is 7.16. The Morgan fingerprint density at radius 3 is 2.04 bits per heavy atom. The van der Waals surface area contributed by atoms with Crippen molar-refractivity contribution < 1.29 is 19.4 Å². The van der Waals surface area contributed by atoms with Crippen molar-refractivity contribution in [3.8, 4) is 0 Å². The number of carbonyl (C=O) groups excluding carboxylic acids is 2. The lowest BCUT2D eigenvalue weighted by Gasteiger charge is -2.05. The van der Waals surface area contributed by atoms with Crippen LogP contribution in [0.15, 0.2) is 18.2 Å². The third kappa shape index (κ3) is 3.61. The molecule has 1 heterocycles. The standard InChI is InChI=1S/C14H12N4O6S/c1-6-7(2)25-14(11(6)12(15)19)16-13(20)8-3-9(17(21)22)5-10(4-8)18(23)24/h3-5H,1-2H3,(H2,15,19)(H,16,20). The Labute approximate surface area is 144 Å². The Morgan fingerprint density at radius 1 is 1.08 bits per heavy atom. The zero-order chi connectivity index (χ0) is 18.9. The van der Waals surface area contributed by atoms with Crippen LogP contribution in [0.2, 0.25) is 0 Å². The maximum absolute atomic E-state index is 12.4. The van der Waals surface area contributed by atoms with Crippen LogP contribution < -0.4 is 11.1 Å². The molecule has 1 aromatic carbocycles. The van der Waals surface area contributed by atoms with Crippen molar-refractivity contribution >= 4 is 39.5 Å². The highest BCUT2D eigenvalue weighted by Gasteiger charge is 2.23. The number of thiophene rings is 1. The molecule has 2 rings (SSSR count). The van der Waals surface area contributed by atoms with Gasteiger partial charge in [0.05, 0.1) is 27.0 Å². The van der Waals surface area contributed by atoms with Gasteiger partial charge >= 0.3 is 0 Å². The molecule has 0 bridgehead atoms. The van der Waals surface area contributed by atoms with Gasteiger partial charge in [0.15, 0.2) is 0 Å². The summed E-state index contributed by atoms with van der Waals surface area (Å²) in [4.78, 5) is 44.8. The number of anilines is 1. The molecule has 130 valence electrons. The minimum atomic E-state index is -0.835. The molecule has 3 N–H and O–H groups in total. The third-order valence-electron chi connectivity index (χ3n) is 3.45. The molecule has 0 saturated carbocycles. The van der Waals surface area contributed by atoms with E-state index in [-0.39, 0.29) is 16.1 Å². The van der Waals surface area contributed by atoms with Crippen molar-refractivity contribution in [3.05, 3.63) is 60.0 Å². The fourth-order valence-electron chi connectivity index (χ4n) is 2.12. The number of nitro benzene ring substituents is 2. The molecule has 10 nitrogen and oxygen atoms in total. The van der Waals surface area contributed by atoms with E-state index in [0.29, 0.717) is 5.56 Å². The molecule has 0 radical (unpaired) electrons. The van der Waals surface area contributed by atoms with Crippen molar-refractivity contribution in [2.24, 2.45) is 5.73 Å². The molecule has 0 aliphatic rings. The van der Waals surface area contributed by atoms with Gasteiger partial charge in [-0.25, -0.2) is 0 Å². The zero-order valence-corrected chi connectivity index (χ0v) is 13.9. The van der Waals surface area contributed by atoms with Gasteiger partial charge in [-0.2, -0.15) is 0 Å². The number of benzene rings is 1. The fraction of sp³-hybridized carbons (Fsp3) is 0.143. The highest BCUT2D eigenvalue weighted by Crippen LogP contribution is 2.33. The van der Waals surface area contributed by atoms with Gasteiger partial charge < -0.3 is 11.1 Å². The van der Waals surface area contributed by atoms with Crippen LogP contribution >= 0.6 is 11.3 Å². The van der Waals surface area contributed by atoms with Crippen molar-refractivity contribution in [3.63, 3.8) is 0 Å². The molecule has 1 aromatic heterocycles. The van der Waals surface area contributed by atoms with E-state index in [0.717, 1.165) is 34.4 Å². The number of hydrogen-bond acceptors (Lipinski definition) is 7. The molecule has 2 aromatic rings. The van der Waals surface area contributed by atoms with Gasteiger partial charge in [-0.3, -0.25) is 29.8 Å². The first-order chi connectivity index (χ1) is 11.6. The lowest BCUT2D eigenvalue weighted by molar-refractivity contribution is -0.394. The van der Waals surface area contributed by atoms with E-state index in [1.165, 1.54) is 0 Å². The molecule has 0 aliphatic heterocycles. The van der Waals surface area contributed by atoms with Gasteiger partial charge in [0.25, 0.3) is 23.2 Å². The Balaban J connectivity index is 2.46. The quantitative estimate of drug-likeness (QED) is 0.612. The molecular weight excluding hydrogens is 352 g/mol. The van der Waals surface area contributed by atoms with Gasteiger partial charge in [0, 0.05) is 17.0 Å². The maximum atomic E-state index is 12.4. The van der Waals surface area contributed by atoms with Crippen molar-refractivity contribution in [2.45, 2.75) is 13.8 Å². The normalized spacial score (nSPS) is 10.3. The summed E-state index contributed by atoms with van der Waals surface area (Å²) >= 11 is 1.11. The van der Waals surface area contributed by atoms with Gasteiger partial charge in [-0.05, 0) is 19.4 Å². The topological polar surface area (TPSA) is 158 Å². The first-order valence-electron chi connectivity index (χ1n) is 6.76. The summed E-state index contributed by atoms with van der Waals surface area (Å²) in [5, 5.41) is 24.4. The number of aryl methyl sites for hydroxylation is 1. The van der Waals surface area contributed by atoms with E-state index in [2.05, 4.69) is 5.32 Å². The second-order valence-electron chi connectivity index (χ2n) is 5.06. The molecule has 0 atom stereocenters. The number of amides is 2. The Hall–Kier alpha value is -3.34. The number of nitrogens with one attached hydrogen (secondary N) is 1. The van der Waals surface area contributed by atoms with Crippen molar-refractivity contribution in [2.75, 3.05) is 5.32 Å². The minimum Gasteiger partial charge on any atom is -0.365 e. The largest absolute Gasteiger partial charge is 0.365 e. The summed E-state index contributed by atoms with van der Waals surface area (Å²) in [5.41, 5.74) is 4.60. The Kier molecular flexibility index (Phi) is 4.79. The van der Waals surface area contributed by atoms with Gasteiger partial charge in [-0.1, -0.05) is 0 Å². The van der Waals surface area contributed by atoms with Crippen molar-refractivity contribution in [1.82, 2.24) is 0 Å². The summed E-state index contributed by atoms with van der Waals surface area (Å²) in [6.07, 6.45) is 0. The molecule has 0 aliphatic carbocycles. The molecule has 0 saturated heterocycles. The average molecular weight is 364 g/mol. The fourth-order valence-corrected chi connectivity index (χ4v) is 3.18. The van der Waals surface area contributed by atoms with E-state index in [1.807, 2.05) is 0 Å². The predicted molar refractivity (Wildman–Crippen MR) is 90.0 cm³/mol. The van der Waals surface area contributed by atoms with Gasteiger partial charge in [-0.15, -0.1) is 11.3 Å². The molecule has 25 heavy (non-hydrogen) atoms. The lowest BCUT2D eigenvalue weighted by Crippen LogP contribution is -2.17. The van der Waals surface area contributed by atoms with Crippen LogP contribution in [-0.4, -0.2) is 21.7 Å². The second-order valence-corrected chi connectivity index (χ2v) is 6.28. The first-order valence-corrected chi connectivity index (χ1v) is 7.58. The Bertz CT molecular complexity index is 888. The number of nitrogens with zero attached hydrogens (tertiary/aromatic N) is 2. The van der Waals surface area contributed by atoms with Crippen LogP contribution in [0.25, 0.3) is 0 Å². The number of carbonyl (C=O) groups is 2. The summed E-state index contributed by atoms with van der Waals surface area (Å²) in [6, 6.07) is 2.59. The summed E-state index contributed by atoms with van der Waals surface area (Å²) in [7, 11) is 0. The van der Waals surface area contributed by atoms with E-state index in [4.69, 9.17) is 5.73 Å². The number of hydrogen-bond donors (Lipinski definition) is 2. The maximum Gasteiger partial charge on any atom is 0.277 e. The highest BCUT2D eigenvalue weighted by atomic mass is 32.1. The van der Waals surface area contributed by atoms with Crippen molar-refractivity contribution in [1.29, 1.82) is 0 Å². The lowest BCUT2D eigenvalue weighted by atomic mass is 10.1. The molecular formula is C14H12N4O6S. The molecule has 0 unspecified atom stereocenters. The second kappa shape index (κ2) is 6.65. The van der Waals surface area contributed by atoms with Gasteiger partial charge in [0.2, 0.25) is 0 Å². The van der Waals surface area contributed by atoms with E-state index in [9.17, 15) is 29.8 Å². The summed E-state index contributed by atoms with van der Waals surface area (Å²) in [6.45, 7) is 3.40. The van der Waals surface area contributed by atoms with Crippen LogP contribution in [-0.2, 0) is 0 Å². The molecule has 11 heteroatoms. The number of nitrogens with two attached hydrogens (primary N) is 1. The number of rotatable bonds is 5. The van der Waals surface area contributed by atoms with Crippen LogP contribution in [0.1, 0.15) is 31.2 Å². The average Bonchev–Trinajstić information content (AvgIpc) is 2.80. The number of non-ortho nitro benzene ring substituents is 2. The monoisotopic (exact) mass is 364 g/mol. The van der Waals surface area contributed by atoms with Crippen LogP contribution in [0, 0.1) is 34.1 Å². The molecule has 0 spiro atoms. The smallest absolute Gasteiger partial charge is 0.277 e. The Morgan fingerprint density at radius 2 is 1.60 bits per heavy atom. The van der Waals surface area contributed by atoms with E-state index in [1.54, 1.807) is 13.8 Å². The SMILES string of the molecule is Cc1sc(NC(=O)c2cc([N+](=O)[O-])cc([N+](=O)[O-])c2)c(C(N)=O)c1C. The molecule has 0 fully saturated rings. The summed E-state index contributed by atoms with van der Waals surface area (Å²) in [5.74, 6) is -1.56. The minimum absolute atomic E-state index is 0.135. The number of primary amides is 1. The molecule has 2 amide bonds. The number of nitro groups is 2. The van der Waals surface area contributed by atoms with E-state index < -0.39 is 33.0 Å². The van der Waals surface area contributed by atoms with E-state index >= 15 is 0 Å². The third-order valence-corrected chi connectivity index (χ3v) is 4.57. The van der Waals surface area contributed by atoms with Crippen LogP contribution in [0.5, 0.6) is 0 Å². The first kappa shape index (κ1) is 18.0. The predicted octanol–water partition coefficient (Wildman–Crippen LogP) is 2.53.